The van der Waals surface area contributed by atoms with E-state index in [9.17, 15) is 5.21 Å². The second-order valence-corrected chi connectivity index (χ2v) is 5.96. The number of hydrogen-bond donors (Lipinski definition) is 1. The highest BCUT2D eigenvalue weighted by atomic mass is 32.1. The van der Waals surface area contributed by atoms with Crippen LogP contribution in [0.4, 0.5) is 5.69 Å². The van der Waals surface area contributed by atoms with Gasteiger partial charge in [-0.3, -0.25) is 5.21 Å². The third kappa shape index (κ3) is 4.04. The first-order valence-corrected chi connectivity index (χ1v) is 8.26. The largest absolute Gasteiger partial charge is 0.489 e. The first kappa shape index (κ1) is 18.2. The van der Waals surface area contributed by atoms with Gasteiger partial charge in [-0.2, -0.15) is 5.06 Å². The summed E-state index contributed by atoms with van der Waals surface area (Å²) in [5.41, 5.74) is 4.68. The van der Waals surface area contributed by atoms with Gasteiger partial charge in [0.05, 0.1) is 12.8 Å². The number of aryl methyl sites for hydroxylation is 3. The van der Waals surface area contributed by atoms with E-state index in [2.05, 4.69) is 19.1 Å². The first-order valence-electron chi connectivity index (χ1n) is 7.85. The molecule has 0 aliphatic heterocycles. The van der Waals surface area contributed by atoms with E-state index in [0.29, 0.717) is 12.3 Å². The number of anilines is 1. The topological polar surface area (TPSA) is 41.9 Å². The minimum atomic E-state index is -0.00553. The van der Waals surface area contributed by atoms with Gasteiger partial charge in [0, 0.05) is 5.56 Å². The Morgan fingerprint density at radius 1 is 1.17 bits per heavy atom. The molecule has 0 fully saturated rings. The molecule has 2 aromatic carbocycles. The minimum Gasteiger partial charge on any atom is -0.489 e. The third-order valence-electron chi connectivity index (χ3n) is 3.91. The third-order valence-corrected chi connectivity index (χ3v) is 4.25. The summed E-state index contributed by atoms with van der Waals surface area (Å²) in [5, 5.41) is 11.2. The molecular formula is C19H23NO3S. The van der Waals surface area contributed by atoms with E-state index in [1.807, 2.05) is 38.1 Å². The fraction of sp³-hybridized carbons (Fsp3) is 0.316. The number of hydroxylamine groups is 1. The highest BCUT2D eigenvalue weighted by Gasteiger charge is 2.17. The quantitative estimate of drug-likeness (QED) is 0.635. The van der Waals surface area contributed by atoms with Crippen molar-refractivity contribution < 1.29 is 14.7 Å². The van der Waals surface area contributed by atoms with Crippen LogP contribution in [0.25, 0.3) is 0 Å². The summed E-state index contributed by atoms with van der Waals surface area (Å²) in [6.45, 7) is 6.39. The van der Waals surface area contributed by atoms with Crippen LogP contribution < -0.4 is 9.80 Å². The van der Waals surface area contributed by atoms with Crippen molar-refractivity contribution in [3.05, 3.63) is 58.7 Å². The summed E-state index contributed by atoms with van der Waals surface area (Å²) in [6, 6.07) is 11.9. The van der Waals surface area contributed by atoms with Gasteiger partial charge in [0.1, 0.15) is 12.4 Å². The molecule has 4 nitrogen and oxygen atoms in total. The van der Waals surface area contributed by atoms with Crippen molar-refractivity contribution in [1.29, 1.82) is 0 Å². The molecule has 0 unspecified atom stereocenters. The van der Waals surface area contributed by atoms with E-state index < -0.39 is 0 Å². The van der Waals surface area contributed by atoms with Crippen molar-refractivity contribution in [1.82, 2.24) is 0 Å². The number of nitrogens with zero attached hydrogens (tertiary/aromatic N) is 1. The van der Waals surface area contributed by atoms with Gasteiger partial charge in [-0.1, -0.05) is 37.3 Å². The number of ether oxygens (including phenoxy) is 2. The van der Waals surface area contributed by atoms with Crippen LogP contribution in [0.15, 0.2) is 36.4 Å². The predicted molar refractivity (Wildman–Crippen MR) is 99.9 cm³/mol. The van der Waals surface area contributed by atoms with Gasteiger partial charge in [0.2, 0.25) is 0 Å². The number of methoxy groups -OCH3 is 1. The Kier molecular flexibility index (Phi) is 6.17. The lowest BCUT2D eigenvalue weighted by Crippen LogP contribution is -2.28. The number of thiocarbonyl (C=S) groups is 1. The van der Waals surface area contributed by atoms with Crippen LogP contribution in [0.3, 0.4) is 0 Å². The van der Waals surface area contributed by atoms with Crippen molar-refractivity contribution in [2.24, 2.45) is 0 Å². The van der Waals surface area contributed by atoms with Crippen LogP contribution in [0.1, 0.15) is 29.2 Å². The zero-order valence-electron chi connectivity index (χ0n) is 14.5. The average molecular weight is 345 g/mol. The molecule has 128 valence electrons. The molecule has 0 radical (unpaired) electrons. The van der Waals surface area contributed by atoms with Gasteiger partial charge >= 0.3 is 0 Å². The molecule has 0 amide bonds. The highest BCUT2D eigenvalue weighted by molar-refractivity contribution is 7.80. The minimum absolute atomic E-state index is 0.00553. The van der Waals surface area contributed by atoms with Crippen LogP contribution >= 0.6 is 12.2 Å². The van der Waals surface area contributed by atoms with E-state index in [1.165, 1.54) is 12.7 Å². The van der Waals surface area contributed by atoms with E-state index in [1.54, 1.807) is 0 Å². The molecule has 0 aromatic heterocycles. The fourth-order valence-electron chi connectivity index (χ4n) is 2.57. The van der Waals surface area contributed by atoms with Gasteiger partial charge in [-0.15, -0.1) is 0 Å². The summed E-state index contributed by atoms with van der Waals surface area (Å²) < 4.78 is 10.9. The van der Waals surface area contributed by atoms with Crippen LogP contribution in [0, 0.1) is 13.8 Å². The van der Waals surface area contributed by atoms with Crippen LogP contribution in [0.2, 0.25) is 0 Å². The molecule has 0 saturated heterocycles. The van der Waals surface area contributed by atoms with Crippen molar-refractivity contribution in [2.75, 3.05) is 12.2 Å². The Balaban J connectivity index is 2.24. The number of para-hydroxylation sites is 1. The number of benzene rings is 2. The van der Waals surface area contributed by atoms with Gasteiger partial charge in [-0.25, -0.2) is 0 Å². The fourth-order valence-corrected chi connectivity index (χ4v) is 2.66. The maximum absolute atomic E-state index is 10.3. The Labute approximate surface area is 148 Å². The van der Waals surface area contributed by atoms with Crippen LogP contribution in [0.5, 0.6) is 5.75 Å². The molecule has 0 spiro atoms. The summed E-state index contributed by atoms with van der Waals surface area (Å²) in [5.74, 6) is 0.832. The molecule has 2 rings (SSSR count). The van der Waals surface area contributed by atoms with E-state index in [-0.39, 0.29) is 5.17 Å². The van der Waals surface area contributed by atoms with Gasteiger partial charge in [0.25, 0.3) is 5.17 Å². The lowest BCUT2D eigenvalue weighted by atomic mass is 10.1. The lowest BCUT2D eigenvalue weighted by Gasteiger charge is -2.22. The molecule has 5 heteroatoms. The molecule has 0 aliphatic rings. The SMILES string of the molecule is CCc1ccc(OCc2cccc(C)c2N(O)C(=S)OC)c(C)c1. The number of rotatable bonds is 5. The van der Waals surface area contributed by atoms with Gasteiger partial charge in [0.15, 0.2) is 0 Å². The molecule has 0 aliphatic carbocycles. The maximum atomic E-state index is 10.3. The summed E-state index contributed by atoms with van der Waals surface area (Å²) in [7, 11) is 1.43. The standard InChI is InChI=1S/C19H23NO3S/c1-5-15-9-10-17(14(3)11-15)23-12-16-8-6-7-13(2)18(16)20(21)19(24)22-4/h6-11,21H,5,12H2,1-4H3. The molecular weight excluding hydrogens is 322 g/mol. The lowest BCUT2D eigenvalue weighted by molar-refractivity contribution is 0.263. The normalized spacial score (nSPS) is 10.4. The average Bonchev–Trinajstić information content (AvgIpc) is 2.59. The Bertz CT molecular complexity index is 731. The molecule has 0 heterocycles. The first-order chi connectivity index (χ1) is 11.5. The number of hydrogen-bond acceptors (Lipinski definition) is 4. The smallest absolute Gasteiger partial charge is 0.288 e. The van der Waals surface area contributed by atoms with Crippen molar-refractivity contribution >= 4 is 23.1 Å². The van der Waals surface area contributed by atoms with E-state index >= 15 is 0 Å². The van der Waals surface area contributed by atoms with Crippen molar-refractivity contribution in [3.8, 4) is 5.75 Å². The zero-order chi connectivity index (χ0) is 17.7. The molecule has 24 heavy (non-hydrogen) atoms. The molecule has 2 aromatic rings. The summed E-state index contributed by atoms with van der Waals surface area (Å²) in [6.07, 6.45) is 0.997. The van der Waals surface area contributed by atoms with E-state index in [0.717, 1.165) is 33.9 Å². The summed E-state index contributed by atoms with van der Waals surface area (Å²) in [4.78, 5) is 0. The van der Waals surface area contributed by atoms with E-state index in [4.69, 9.17) is 21.7 Å². The van der Waals surface area contributed by atoms with Crippen molar-refractivity contribution in [3.63, 3.8) is 0 Å². The summed E-state index contributed by atoms with van der Waals surface area (Å²) >= 11 is 5.02. The predicted octanol–water partition coefficient (Wildman–Crippen LogP) is 4.57. The van der Waals surface area contributed by atoms with Gasteiger partial charge < -0.3 is 9.47 Å². The Morgan fingerprint density at radius 3 is 2.54 bits per heavy atom. The second kappa shape index (κ2) is 8.13. The molecule has 0 atom stereocenters. The Morgan fingerprint density at radius 2 is 1.92 bits per heavy atom. The monoisotopic (exact) mass is 345 g/mol. The highest BCUT2D eigenvalue weighted by Crippen LogP contribution is 2.27. The van der Waals surface area contributed by atoms with Crippen LogP contribution in [-0.2, 0) is 17.8 Å². The molecule has 0 bridgehead atoms. The van der Waals surface area contributed by atoms with Gasteiger partial charge in [-0.05, 0) is 55.2 Å². The molecule has 0 saturated carbocycles. The maximum Gasteiger partial charge on any atom is 0.288 e. The van der Waals surface area contributed by atoms with Crippen molar-refractivity contribution in [2.45, 2.75) is 33.8 Å². The molecule has 1 N–H and O–H groups in total. The zero-order valence-corrected chi connectivity index (χ0v) is 15.3. The van der Waals surface area contributed by atoms with Crippen LogP contribution in [-0.4, -0.2) is 17.5 Å². The Hall–Kier alpha value is -2.11. The second-order valence-electron chi connectivity index (χ2n) is 5.61.